The Morgan fingerprint density at radius 3 is 2.17 bits per heavy atom. The van der Waals surface area contributed by atoms with Gasteiger partial charge in [0.2, 0.25) is 21.8 Å². The summed E-state index contributed by atoms with van der Waals surface area (Å²) < 4.78 is 26.8. The predicted octanol–water partition coefficient (Wildman–Crippen LogP) is 6.06. The fourth-order valence-corrected chi connectivity index (χ4v) is 6.05. The van der Waals surface area contributed by atoms with Crippen LogP contribution in [0.5, 0.6) is 0 Å². The minimum atomic E-state index is -3.58. The molecule has 2 amide bonds. The lowest BCUT2D eigenvalue weighted by molar-refractivity contribution is -0.141. The number of amides is 2. The molecule has 0 radical (unpaired) electrons. The summed E-state index contributed by atoms with van der Waals surface area (Å²) in [4.78, 5) is 29.2. The zero-order valence-electron chi connectivity index (χ0n) is 25.1. The van der Waals surface area contributed by atoms with E-state index in [1.165, 1.54) is 10.6 Å². The Kier molecular flexibility index (Phi) is 12.0. The number of hydrogen-bond donors (Lipinski definition) is 1. The number of nitrogens with zero attached hydrogens (tertiary/aromatic N) is 2. The van der Waals surface area contributed by atoms with Gasteiger partial charge in [0.05, 0.1) is 11.9 Å². The molecule has 0 aliphatic rings. The van der Waals surface area contributed by atoms with Gasteiger partial charge in [0.25, 0.3) is 0 Å². The van der Waals surface area contributed by atoms with Crippen LogP contribution in [0.25, 0.3) is 0 Å². The van der Waals surface area contributed by atoms with Crippen molar-refractivity contribution in [2.75, 3.05) is 17.1 Å². The van der Waals surface area contributed by atoms with Crippen LogP contribution in [0.1, 0.15) is 55.4 Å². The first-order valence-electron chi connectivity index (χ1n) is 14.3. The standard InChI is InChI=1S/C33H42ClN3O4S/c1-6-26(4)35-33(39)31(22-27-13-8-7-9-14-27)36(23-28-15-10-11-16-30(28)34)32(38)17-12-18-37(42(5,40)41)29-20-24(2)19-25(3)21-29/h7-11,13-16,19-21,26,31H,6,12,17-18,22-23H2,1-5H3,(H,35,39)/t26-,31+/m0/s1. The molecule has 3 aromatic carbocycles. The van der Waals surface area contributed by atoms with E-state index in [1.54, 1.807) is 11.0 Å². The second kappa shape index (κ2) is 15.2. The van der Waals surface area contributed by atoms with Crippen molar-refractivity contribution in [2.45, 2.75) is 72.0 Å². The number of sulfonamides is 1. The van der Waals surface area contributed by atoms with Gasteiger partial charge in [0, 0.05) is 37.0 Å². The third-order valence-electron chi connectivity index (χ3n) is 7.22. The zero-order chi connectivity index (χ0) is 30.9. The maximum Gasteiger partial charge on any atom is 0.243 e. The molecule has 0 unspecified atom stereocenters. The molecule has 0 spiro atoms. The van der Waals surface area contributed by atoms with Crippen molar-refractivity contribution in [1.82, 2.24) is 10.2 Å². The van der Waals surface area contributed by atoms with Gasteiger partial charge in [0.15, 0.2) is 0 Å². The molecule has 2 atom stereocenters. The molecular formula is C33H42ClN3O4S. The highest BCUT2D eigenvalue weighted by atomic mass is 35.5. The van der Waals surface area contributed by atoms with Crippen LogP contribution in [0, 0.1) is 13.8 Å². The molecule has 3 rings (SSSR count). The molecule has 9 heteroatoms. The Morgan fingerprint density at radius 1 is 0.952 bits per heavy atom. The van der Waals surface area contributed by atoms with Crippen molar-refractivity contribution >= 4 is 39.1 Å². The van der Waals surface area contributed by atoms with Crippen molar-refractivity contribution in [3.8, 4) is 0 Å². The van der Waals surface area contributed by atoms with Gasteiger partial charge in [-0.15, -0.1) is 0 Å². The molecule has 0 aliphatic carbocycles. The lowest BCUT2D eigenvalue weighted by Gasteiger charge is -2.33. The molecule has 0 saturated carbocycles. The van der Waals surface area contributed by atoms with Crippen LogP contribution in [0.4, 0.5) is 5.69 Å². The number of aryl methyl sites for hydroxylation is 2. The topological polar surface area (TPSA) is 86.8 Å². The molecular weight excluding hydrogens is 570 g/mol. The van der Waals surface area contributed by atoms with E-state index in [4.69, 9.17) is 11.6 Å². The van der Waals surface area contributed by atoms with Gasteiger partial charge >= 0.3 is 0 Å². The molecule has 0 heterocycles. The van der Waals surface area contributed by atoms with E-state index in [-0.39, 0.29) is 43.8 Å². The van der Waals surface area contributed by atoms with E-state index in [1.807, 2.05) is 94.4 Å². The van der Waals surface area contributed by atoms with E-state index in [0.717, 1.165) is 28.7 Å². The van der Waals surface area contributed by atoms with Crippen molar-refractivity contribution in [2.24, 2.45) is 0 Å². The third kappa shape index (κ3) is 9.60. The number of carbonyl (C=O) groups is 2. The summed E-state index contributed by atoms with van der Waals surface area (Å²) >= 11 is 6.50. The summed E-state index contributed by atoms with van der Waals surface area (Å²) in [5.74, 6) is -0.481. The van der Waals surface area contributed by atoms with Crippen LogP contribution in [-0.4, -0.2) is 50.0 Å². The largest absolute Gasteiger partial charge is 0.352 e. The van der Waals surface area contributed by atoms with E-state index in [2.05, 4.69) is 5.32 Å². The molecule has 3 aromatic rings. The molecule has 42 heavy (non-hydrogen) atoms. The van der Waals surface area contributed by atoms with Crippen LogP contribution >= 0.6 is 11.6 Å². The monoisotopic (exact) mass is 611 g/mol. The minimum Gasteiger partial charge on any atom is -0.352 e. The zero-order valence-corrected chi connectivity index (χ0v) is 26.7. The molecule has 0 fully saturated rings. The number of nitrogens with one attached hydrogen (secondary N) is 1. The molecule has 7 nitrogen and oxygen atoms in total. The minimum absolute atomic E-state index is 0.0587. The van der Waals surface area contributed by atoms with Gasteiger partial charge in [-0.25, -0.2) is 8.42 Å². The van der Waals surface area contributed by atoms with Crippen molar-refractivity contribution in [1.29, 1.82) is 0 Å². The summed E-state index contributed by atoms with van der Waals surface area (Å²) in [7, 11) is -3.58. The first-order valence-corrected chi connectivity index (χ1v) is 16.5. The average molecular weight is 612 g/mol. The summed E-state index contributed by atoms with van der Waals surface area (Å²) in [6.07, 6.45) is 2.59. The number of hydrogen-bond acceptors (Lipinski definition) is 4. The van der Waals surface area contributed by atoms with Crippen LogP contribution < -0.4 is 9.62 Å². The number of halogens is 1. The highest BCUT2D eigenvalue weighted by Gasteiger charge is 2.31. The maximum atomic E-state index is 14.0. The highest BCUT2D eigenvalue weighted by molar-refractivity contribution is 7.92. The van der Waals surface area contributed by atoms with Crippen molar-refractivity contribution < 1.29 is 18.0 Å². The van der Waals surface area contributed by atoms with Gasteiger partial charge in [-0.1, -0.05) is 73.1 Å². The summed E-state index contributed by atoms with van der Waals surface area (Å²) in [6.45, 7) is 8.05. The van der Waals surface area contributed by atoms with Crippen LogP contribution in [-0.2, 0) is 32.6 Å². The number of rotatable bonds is 14. The van der Waals surface area contributed by atoms with Gasteiger partial charge in [0.1, 0.15) is 6.04 Å². The fraction of sp³-hybridized carbons (Fsp3) is 0.394. The Balaban J connectivity index is 1.91. The quantitative estimate of drug-likeness (QED) is 0.240. The normalized spacial score (nSPS) is 12.8. The van der Waals surface area contributed by atoms with E-state index in [0.29, 0.717) is 17.1 Å². The van der Waals surface area contributed by atoms with Crippen molar-refractivity contribution in [3.63, 3.8) is 0 Å². The maximum absolute atomic E-state index is 14.0. The van der Waals surface area contributed by atoms with Crippen LogP contribution in [0.15, 0.2) is 72.8 Å². The third-order valence-corrected chi connectivity index (χ3v) is 8.78. The van der Waals surface area contributed by atoms with Crippen LogP contribution in [0.2, 0.25) is 5.02 Å². The average Bonchev–Trinajstić information content (AvgIpc) is 2.93. The van der Waals surface area contributed by atoms with E-state index in [9.17, 15) is 18.0 Å². The Labute approximate surface area is 255 Å². The predicted molar refractivity (Wildman–Crippen MR) is 171 cm³/mol. The molecule has 226 valence electrons. The lowest BCUT2D eigenvalue weighted by Crippen LogP contribution is -2.52. The Hall–Kier alpha value is -3.36. The summed E-state index contributed by atoms with van der Waals surface area (Å²) in [5, 5.41) is 3.57. The van der Waals surface area contributed by atoms with Gasteiger partial charge < -0.3 is 10.2 Å². The molecule has 1 N–H and O–H groups in total. The van der Waals surface area contributed by atoms with Crippen molar-refractivity contribution in [3.05, 3.63) is 100 Å². The van der Waals surface area contributed by atoms with Gasteiger partial charge in [-0.2, -0.15) is 0 Å². The molecule has 0 aromatic heterocycles. The van der Waals surface area contributed by atoms with E-state index >= 15 is 0 Å². The molecule has 0 bridgehead atoms. The molecule has 0 aliphatic heterocycles. The lowest BCUT2D eigenvalue weighted by atomic mass is 10.0. The number of anilines is 1. The first-order chi connectivity index (χ1) is 19.9. The van der Waals surface area contributed by atoms with E-state index < -0.39 is 16.1 Å². The van der Waals surface area contributed by atoms with Gasteiger partial charge in [-0.3, -0.25) is 13.9 Å². The second-order valence-corrected chi connectivity index (χ2v) is 13.2. The Morgan fingerprint density at radius 2 is 1.57 bits per heavy atom. The fourth-order valence-electron chi connectivity index (χ4n) is 4.90. The number of carbonyl (C=O) groups excluding carboxylic acids is 2. The summed E-state index contributed by atoms with van der Waals surface area (Å²) in [5.41, 5.74) is 4.14. The second-order valence-electron chi connectivity index (χ2n) is 10.9. The van der Waals surface area contributed by atoms with Crippen LogP contribution in [0.3, 0.4) is 0 Å². The first kappa shape index (κ1) is 33.1. The highest BCUT2D eigenvalue weighted by Crippen LogP contribution is 2.24. The number of benzene rings is 3. The SMILES string of the molecule is CC[C@H](C)NC(=O)[C@@H](Cc1ccccc1)N(Cc1ccccc1Cl)C(=O)CCCN(c1cc(C)cc(C)c1)S(C)(=O)=O. The smallest absolute Gasteiger partial charge is 0.243 e. The molecule has 0 saturated heterocycles. The summed E-state index contributed by atoms with van der Waals surface area (Å²) in [6, 6.07) is 21.7. The van der Waals surface area contributed by atoms with Gasteiger partial charge in [-0.05, 0) is 74.1 Å². The Bertz CT molecular complexity index is 1440.